The van der Waals surface area contributed by atoms with E-state index < -0.39 is 17.9 Å². The summed E-state index contributed by atoms with van der Waals surface area (Å²) < 4.78 is 11.2. The van der Waals surface area contributed by atoms with Gasteiger partial charge in [-0.2, -0.15) is 0 Å². The molecule has 1 atom stereocenters. The maximum atomic E-state index is 13.2. The standard InChI is InChI=1S/C35H68NO4S2/c1-7-9-11-13-15-17-19-21-23-25-27-36(42,28-26-24-22-20-18-16-14-12-10-8-2)34(41)32(35(38)40-31(5)6)29-33(37)39-30(3)4/h30-32,42H,7-29H2,1-6H3/q+1. The third-order valence-corrected chi connectivity index (χ3v) is 9.23. The van der Waals surface area contributed by atoms with Gasteiger partial charge in [0, 0.05) is 0 Å². The third kappa shape index (κ3) is 21.9. The molecule has 0 heterocycles. The Hall–Kier alpha value is -0.660. The zero-order chi connectivity index (χ0) is 31.6. The predicted molar refractivity (Wildman–Crippen MR) is 186 cm³/mol. The molecular weight excluding hydrogens is 563 g/mol. The van der Waals surface area contributed by atoms with Gasteiger partial charge < -0.3 is 9.47 Å². The van der Waals surface area contributed by atoms with Gasteiger partial charge in [-0.15, -0.1) is 0 Å². The van der Waals surface area contributed by atoms with Crippen LogP contribution in [0, 0.1) is 5.92 Å². The highest BCUT2D eigenvalue weighted by atomic mass is 32.1. The molecule has 0 aromatic carbocycles. The van der Waals surface area contributed by atoms with Crippen LogP contribution in [0.5, 0.6) is 0 Å². The van der Waals surface area contributed by atoms with Crippen LogP contribution in [0.4, 0.5) is 0 Å². The Bertz CT molecular complexity index is 674. The van der Waals surface area contributed by atoms with Crippen LogP contribution < -0.4 is 0 Å². The van der Waals surface area contributed by atoms with Crippen LogP contribution >= 0.6 is 25.0 Å². The van der Waals surface area contributed by atoms with Crippen LogP contribution in [0.25, 0.3) is 0 Å². The van der Waals surface area contributed by atoms with E-state index in [9.17, 15) is 9.59 Å². The molecule has 0 rings (SSSR count). The summed E-state index contributed by atoms with van der Waals surface area (Å²) in [7, 11) is 0. The first kappa shape index (κ1) is 41.3. The number of ether oxygens (including phenoxy) is 2. The summed E-state index contributed by atoms with van der Waals surface area (Å²) in [6, 6.07) is 0. The summed E-state index contributed by atoms with van der Waals surface area (Å²) in [5.41, 5.74) is 0. The fourth-order valence-corrected chi connectivity index (χ4v) is 6.19. The van der Waals surface area contributed by atoms with Gasteiger partial charge in [0.25, 0.3) is 0 Å². The van der Waals surface area contributed by atoms with Crippen molar-refractivity contribution < 1.29 is 23.0 Å². The van der Waals surface area contributed by atoms with E-state index in [1.54, 1.807) is 0 Å². The second kappa shape index (κ2) is 26.7. The van der Waals surface area contributed by atoms with Gasteiger partial charge in [-0.25, -0.2) is 3.89 Å². The van der Waals surface area contributed by atoms with E-state index in [4.69, 9.17) is 34.5 Å². The highest BCUT2D eigenvalue weighted by Crippen LogP contribution is 2.27. The molecule has 0 aromatic heterocycles. The molecular formula is C35H68NO4S2+. The van der Waals surface area contributed by atoms with Gasteiger partial charge in [0.05, 0.1) is 44.5 Å². The van der Waals surface area contributed by atoms with Crippen molar-refractivity contribution in [2.75, 3.05) is 13.1 Å². The fraction of sp³-hybridized carbons (Fsp3) is 0.914. The summed E-state index contributed by atoms with van der Waals surface area (Å²) in [4.78, 5) is 26.3. The lowest BCUT2D eigenvalue weighted by atomic mass is 10.0. The fourth-order valence-electron chi connectivity index (χ4n) is 5.41. The van der Waals surface area contributed by atoms with Gasteiger partial charge in [0.2, 0.25) is 4.99 Å². The number of hydrogen-bond donors (Lipinski definition) is 1. The lowest BCUT2D eigenvalue weighted by Gasteiger charge is -2.34. The molecule has 0 aliphatic carbocycles. The number of carbonyl (C=O) groups is 2. The number of unbranched alkanes of at least 4 members (excludes halogenated alkanes) is 18. The van der Waals surface area contributed by atoms with Crippen molar-refractivity contribution in [2.45, 2.75) is 189 Å². The molecule has 248 valence electrons. The van der Waals surface area contributed by atoms with Gasteiger partial charge in [0.1, 0.15) is 0 Å². The Morgan fingerprint density at radius 2 is 0.929 bits per heavy atom. The van der Waals surface area contributed by atoms with E-state index >= 15 is 0 Å². The number of thiol groups is 1. The van der Waals surface area contributed by atoms with Crippen molar-refractivity contribution in [1.82, 2.24) is 0 Å². The first-order valence-electron chi connectivity index (χ1n) is 17.6. The molecule has 0 amide bonds. The maximum absolute atomic E-state index is 13.2. The number of thiocarbonyl (C=S) groups is 1. The van der Waals surface area contributed by atoms with E-state index in [2.05, 4.69) is 13.8 Å². The summed E-state index contributed by atoms with van der Waals surface area (Å²) >= 11 is 11.1. The van der Waals surface area contributed by atoms with Gasteiger partial charge in [-0.05, 0) is 65.6 Å². The summed E-state index contributed by atoms with van der Waals surface area (Å²) in [5.74, 6) is -1.70. The largest absolute Gasteiger partial charge is 0.463 e. The van der Waals surface area contributed by atoms with Crippen molar-refractivity contribution in [3.63, 3.8) is 0 Å². The van der Waals surface area contributed by atoms with E-state index in [1.807, 2.05) is 27.7 Å². The van der Waals surface area contributed by atoms with Crippen LogP contribution in [0.1, 0.15) is 176 Å². The minimum absolute atomic E-state index is 0.0980. The molecule has 0 aliphatic rings. The highest BCUT2D eigenvalue weighted by Gasteiger charge is 2.41. The second-order valence-corrected chi connectivity index (χ2v) is 14.0. The van der Waals surface area contributed by atoms with Crippen molar-refractivity contribution in [2.24, 2.45) is 5.92 Å². The Labute approximate surface area is 271 Å². The van der Waals surface area contributed by atoms with E-state index in [0.717, 1.165) is 38.8 Å². The molecule has 1 unspecified atom stereocenters. The second-order valence-electron chi connectivity index (χ2n) is 12.9. The number of nitrogens with zero attached hydrogens (tertiary/aromatic N) is 1. The average molecular weight is 631 g/mol. The summed E-state index contributed by atoms with van der Waals surface area (Å²) in [5, 5.41) is 0. The molecule has 7 heteroatoms. The van der Waals surface area contributed by atoms with E-state index in [-0.39, 0.29) is 22.5 Å². The van der Waals surface area contributed by atoms with E-state index in [0.29, 0.717) is 4.99 Å². The predicted octanol–water partition coefficient (Wildman–Crippen LogP) is 10.7. The number of hydrogen-bond acceptors (Lipinski definition) is 6. The SMILES string of the molecule is CCCCCCCCCCCC[N+](S)(CCCCCCCCCCCC)C(=S)C(CC(=O)OC(C)C)C(=O)OC(C)C. The average Bonchev–Trinajstić information content (AvgIpc) is 2.92. The molecule has 0 fully saturated rings. The van der Waals surface area contributed by atoms with Crippen LogP contribution in [0.2, 0.25) is 0 Å². The lowest BCUT2D eigenvalue weighted by molar-refractivity contribution is -0.696. The quantitative estimate of drug-likeness (QED) is 0.0306. The van der Waals surface area contributed by atoms with Crippen LogP contribution in [-0.4, -0.2) is 46.1 Å². The molecule has 0 spiro atoms. The molecule has 0 bridgehead atoms. The molecule has 0 aliphatic heterocycles. The molecule has 5 nitrogen and oxygen atoms in total. The van der Waals surface area contributed by atoms with Crippen molar-refractivity contribution in [1.29, 1.82) is 0 Å². The highest BCUT2D eigenvalue weighted by molar-refractivity contribution is 7.82. The minimum Gasteiger partial charge on any atom is -0.463 e. The first-order chi connectivity index (χ1) is 20.1. The maximum Gasteiger partial charge on any atom is 0.320 e. The molecule has 42 heavy (non-hydrogen) atoms. The smallest absolute Gasteiger partial charge is 0.320 e. The zero-order valence-corrected chi connectivity index (χ0v) is 30.1. The monoisotopic (exact) mass is 630 g/mol. The van der Waals surface area contributed by atoms with Gasteiger partial charge in [0.15, 0.2) is 5.92 Å². The van der Waals surface area contributed by atoms with Gasteiger partial charge >= 0.3 is 11.9 Å². The number of rotatable bonds is 28. The van der Waals surface area contributed by atoms with Gasteiger partial charge in [-0.1, -0.05) is 117 Å². The molecule has 0 aromatic rings. The topological polar surface area (TPSA) is 52.6 Å². The third-order valence-electron chi connectivity index (χ3n) is 7.85. The molecule has 0 N–H and O–H groups in total. The number of carbonyl (C=O) groups excluding carboxylic acids is 2. The Balaban J connectivity index is 5.16. The van der Waals surface area contributed by atoms with Crippen LogP contribution in [-0.2, 0) is 19.1 Å². The number of quaternary nitrogens is 1. The Morgan fingerprint density at radius 3 is 1.26 bits per heavy atom. The van der Waals surface area contributed by atoms with Gasteiger partial charge in [-0.3, -0.25) is 9.59 Å². The lowest BCUT2D eigenvalue weighted by Crippen LogP contribution is -2.50. The number of esters is 2. The molecule has 0 saturated carbocycles. The van der Waals surface area contributed by atoms with Crippen molar-refractivity contribution >= 4 is 42.0 Å². The molecule has 0 saturated heterocycles. The summed E-state index contributed by atoms with van der Waals surface area (Å²) in [6.45, 7) is 13.3. The Morgan fingerprint density at radius 1 is 0.595 bits per heavy atom. The first-order valence-corrected chi connectivity index (χ1v) is 18.4. The van der Waals surface area contributed by atoms with E-state index in [1.165, 1.54) is 103 Å². The van der Waals surface area contributed by atoms with Crippen LogP contribution in [0.3, 0.4) is 0 Å². The van der Waals surface area contributed by atoms with Crippen LogP contribution in [0.15, 0.2) is 0 Å². The normalized spacial score (nSPS) is 12.6. The molecule has 0 radical (unpaired) electrons. The van der Waals surface area contributed by atoms with Crippen molar-refractivity contribution in [3.05, 3.63) is 0 Å². The zero-order valence-electron chi connectivity index (χ0n) is 28.4. The minimum atomic E-state index is -0.836. The van der Waals surface area contributed by atoms with Crippen molar-refractivity contribution in [3.8, 4) is 0 Å². The Kier molecular flexibility index (Phi) is 26.3. The summed E-state index contributed by atoms with van der Waals surface area (Å²) in [6.07, 6.45) is 24.6.